The van der Waals surface area contributed by atoms with Crippen molar-refractivity contribution in [2.75, 3.05) is 26.4 Å². The van der Waals surface area contributed by atoms with Crippen molar-refractivity contribution in [3.05, 3.63) is 0 Å². The molecule has 0 bridgehead atoms. The van der Waals surface area contributed by atoms with Gasteiger partial charge in [-0.1, -0.05) is 12.8 Å². The van der Waals surface area contributed by atoms with Crippen LogP contribution in [0.15, 0.2) is 4.99 Å². The molecule has 0 heterocycles. The van der Waals surface area contributed by atoms with Crippen molar-refractivity contribution in [3.63, 3.8) is 0 Å². The molecule has 1 N–H and O–H groups in total. The van der Waals surface area contributed by atoms with Gasteiger partial charge in [0.2, 0.25) is 6.08 Å². The van der Waals surface area contributed by atoms with Crippen LogP contribution in [0.3, 0.4) is 0 Å². The van der Waals surface area contributed by atoms with Crippen LogP contribution in [0.5, 0.6) is 0 Å². The van der Waals surface area contributed by atoms with E-state index < -0.39 is 0 Å². The van der Waals surface area contributed by atoms with E-state index in [1.54, 1.807) is 0 Å². The topological polar surface area (TPSA) is 59.9 Å². The molecular weight excluding hydrogens is 196 g/mol. The average Bonchev–Trinajstić information content (AvgIpc) is 2.26. The first-order chi connectivity index (χ1) is 7.41. The third kappa shape index (κ3) is 13.3. The third-order valence-corrected chi connectivity index (χ3v) is 1.80. The number of nitrogens with zero attached hydrogens (tertiary/aromatic N) is 1. The van der Waals surface area contributed by atoms with E-state index in [4.69, 9.17) is 9.78 Å². The van der Waals surface area contributed by atoms with E-state index in [2.05, 4.69) is 10.3 Å². The Morgan fingerprint density at radius 2 is 2.00 bits per heavy atom. The minimum absolute atomic E-state index is 0.434. The maximum atomic E-state index is 9.74. The van der Waals surface area contributed by atoms with E-state index in [-0.39, 0.29) is 0 Å². The summed E-state index contributed by atoms with van der Waals surface area (Å²) in [4.78, 5) is 22.7. The lowest BCUT2D eigenvalue weighted by molar-refractivity contribution is -0.295. The molecule has 0 aliphatic rings. The Hall–Kier alpha value is -0.740. The SMILES string of the molecule is CCOOCNCCCCCCN=C=O. The fraction of sp³-hybridized carbons (Fsp3) is 0.900. The number of hydrogen-bond acceptors (Lipinski definition) is 5. The summed E-state index contributed by atoms with van der Waals surface area (Å²) in [6.07, 6.45) is 5.82. The largest absolute Gasteiger partial charge is 0.292 e. The predicted octanol–water partition coefficient (Wildman–Crippen LogP) is 1.40. The number of rotatable bonds is 11. The molecule has 5 nitrogen and oxygen atoms in total. The van der Waals surface area contributed by atoms with Crippen LogP contribution < -0.4 is 5.32 Å². The molecule has 0 aromatic rings. The number of hydrogen-bond donors (Lipinski definition) is 1. The molecule has 0 amide bonds. The molecule has 0 aliphatic carbocycles. The van der Waals surface area contributed by atoms with Gasteiger partial charge in [0.1, 0.15) is 6.73 Å². The molecule has 0 radical (unpaired) electrons. The van der Waals surface area contributed by atoms with Gasteiger partial charge in [0.25, 0.3) is 0 Å². The highest BCUT2D eigenvalue weighted by molar-refractivity contribution is 5.32. The van der Waals surface area contributed by atoms with Crippen molar-refractivity contribution in [2.24, 2.45) is 4.99 Å². The van der Waals surface area contributed by atoms with Gasteiger partial charge in [-0.15, -0.1) is 0 Å². The molecule has 5 heteroatoms. The van der Waals surface area contributed by atoms with Crippen molar-refractivity contribution in [1.29, 1.82) is 0 Å². The highest BCUT2D eigenvalue weighted by atomic mass is 17.2. The second-order valence-electron chi connectivity index (χ2n) is 3.06. The van der Waals surface area contributed by atoms with E-state index in [0.29, 0.717) is 19.9 Å². The van der Waals surface area contributed by atoms with Crippen molar-refractivity contribution in [1.82, 2.24) is 5.32 Å². The summed E-state index contributed by atoms with van der Waals surface area (Å²) in [5, 5.41) is 3.09. The van der Waals surface area contributed by atoms with Crippen LogP contribution in [0.2, 0.25) is 0 Å². The van der Waals surface area contributed by atoms with Gasteiger partial charge in [-0.25, -0.2) is 19.6 Å². The average molecular weight is 216 g/mol. The first-order valence-corrected chi connectivity index (χ1v) is 5.40. The standard InChI is InChI=1S/C10H20N2O3/c1-2-14-15-10-12-8-6-4-3-5-7-11-9-13/h12H,2-8,10H2,1H3. The minimum Gasteiger partial charge on any atom is -0.292 e. The van der Waals surface area contributed by atoms with Crippen LogP contribution in [0, 0.1) is 0 Å². The molecular formula is C10H20N2O3. The van der Waals surface area contributed by atoms with Crippen molar-refractivity contribution in [2.45, 2.75) is 32.6 Å². The predicted molar refractivity (Wildman–Crippen MR) is 57.0 cm³/mol. The number of carbonyl (C=O) groups excluding carboxylic acids is 1. The summed E-state index contributed by atoms with van der Waals surface area (Å²) >= 11 is 0. The van der Waals surface area contributed by atoms with Crippen molar-refractivity contribution < 1.29 is 14.6 Å². The number of unbranched alkanes of at least 4 members (excludes halogenated alkanes) is 3. The molecule has 0 atom stereocenters. The third-order valence-electron chi connectivity index (χ3n) is 1.80. The summed E-state index contributed by atoms with van der Waals surface area (Å²) in [7, 11) is 0. The molecule has 0 spiro atoms. The molecule has 0 aliphatic heterocycles. The molecule has 0 aromatic carbocycles. The molecule has 0 unspecified atom stereocenters. The number of isocyanates is 1. The van der Waals surface area contributed by atoms with Gasteiger partial charge in [-0.2, -0.15) is 0 Å². The van der Waals surface area contributed by atoms with Gasteiger partial charge in [-0.3, -0.25) is 5.32 Å². The van der Waals surface area contributed by atoms with Crippen LogP contribution in [-0.2, 0) is 14.6 Å². The second kappa shape index (κ2) is 13.3. The molecule has 0 aromatic heterocycles. The Kier molecular flexibility index (Phi) is 12.6. The van der Waals surface area contributed by atoms with Gasteiger partial charge >= 0.3 is 0 Å². The zero-order chi connectivity index (χ0) is 11.2. The summed E-state index contributed by atoms with van der Waals surface area (Å²) in [5.41, 5.74) is 0. The summed E-state index contributed by atoms with van der Waals surface area (Å²) in [6.45, 7) is 4.40. The zero-order valence-corrected chi connectivity index (χ0v) is 9.33. The van der Waals surface area contributed by atoms with Gasteiger partial charge in [0, 0.05) is 0 Å². The fourth-order valence-electron chi connectivity index (χ4n) is 1.08. The monoisotopic (exact) mass is 216 g/mol. The van der Waals surface area contributed by atoms with Crippen molar-refractivity contribution in [3.8, 4) is 0 Å². The first kappa shape index (κ1) is 14.3. The Balaban J connectivity index is 2.89. The van der Waals surface area contributed by atoms with Crippen LogP contribution in [-0.4, -0.2) is 32.5 Å². The summed E-state index contributed by atoms with van der Waals surface area (Å²) in [6, 6.07) is 0. The zero-order valence-electron chi connectivity index (χ0n) is 9.33. The quantitative estimate of drug-likeness (QED) is 0.142. The van der Waals surface area contributed by atoms with E-state index in [1.165, 1.54) is 6.08 Å². The van der Waals surface area contributed by atoms with Gasteiger partial charge in [0.15, 0.2) is 0 Å². The molecule has 0 fully saturated rings. The Morgan fingerprint density at radius 3 is 2.73 bits per heavy atom. The number of aliphatic imine (C=N–C) groups is 1. The first-order valence-electron chi connectivity index (χ1n) is 5.40. The van der Waals surface area contributed by atoms with E-state index in [1.807, 2.05) is 6.92 Å². The van der Waals surface area contributed by atoms with E-state index >= 15 is 0 Å². The maximum Gasteiger partial charge on any atom is 0.234 e. The lowest BCUT2D eigenvalue weighted by Gasteiger charge is -2.04. The molecule has 0 saturated carbocycles. The van der Waals surface area contributed by atoms with Crippen LogP contribution in [0.25, 0.3) is 0 Å². The normalized spacial score (nSPS) is 9.93. The Labute approximate surface area is 90.8 Å². The van der Waals surface area contributed by atoms with Gasteiger partial charge in [0.05, 0.1) is 13.2 Å². The van der Waals surface area contributed by atoms with Gasteiger partial charge in [-0.05, 0) is 26.3 Å². The summed E-state index contributed by atoms with van der Waals surface area (Å²) < 4.78 is 0. The van der Waals surface area contributed by atoms with Crippen LogP contribution in [0.4, 0.5) is 0 Å². The molecule has 88 valence electrons. The molecule has 0 rings (SSSR count). The fourth-order valence-corrected chi connectivity index (χ4v) is 1.08. The lowest BCUT2D eigenvalue weighted by Crippen LogP contribution is -2.19. The summed E-state index contributed by atoms with van der Waals surface area (Å²) in [5.74, 6) is 0. The lowest BCUT2D eigenvalue weighted by atomic mass is 10.2. The number of nitrogens with one attached hydrogen (secondary N) is 1. The van der Waals surface area contributed by atoms with E-state index in [0.717, 1.165) is 32.2 Å². The van der Waals surface area contributed by atoms with Crippen LogP contribution >= 0.6 is 0 Å². The Bertz CT molecular complexity index is 170. The highest BCUT2D eigenvalue weighted by Gasteiger charge is 1.90. The highest BCUT2D eigenvalue weighted by Crippen LogP contribution is 1.98. The molecule has 0 saturated heterocycles. The van der Waals surface area contributed by atoms with Crippen LogP contribution in [0.1, 0.15) is 32.6 Å². The van der Waals surface area contributed by atoms with E-state index in [9.17, 15) is 4.79 Å². The molecule has 15 heavy (non-hydrogen) atoms. The van der Waals surface area contributed by atoms with Gasteiger partial charge < -0.3 is 0 Å². The smallest absolute Gasteiger partial charge is 0.234 e. The Morgan fingerprint density at radius 1 is 1.20 bits per heavy atom. The second-order valence-corrected chi connectivity index (χ2v) is 3.06. The maximum absolute atomic E-state index is 9.74. The van der Waals surface area contributed by atoms with Crippen molar-refractivity contribution >= 4 is 6.08 Å². The minimum atomic E-state index is 0.434.